The number of Topliss-reactive ketones (excluding diaryl/α,β-unsaturated/α-hetero) is 1. The van der Waals surface area contributed by atoms with Gasteiger partial charge in [-0.2, -0.15) is 0 Å². The van der Waals surface area contributed by atoms with Crippen LogP contribution >= 0.6 is 0 Å². The monoisotopic (exact) mass is 197 g/mol. The molecule has 1 aliphatic rings. The molecule has 0 aromatic rings. The zero-order valence-electron chi connectivity index (χ0n) is 9.59. The maximum Gasteiger partial charge on any atom is 0.129 e. The summed E-state index contributed by atoms with van der Waals surface area (Å²) in [7, 11) is 2.20. The summed E-state index contributed by atoms with van der Waals surface area (Å²) in [6.07, 6.45) is 7.28. The molecule has 82 valence electrons. The molecule has 0 N–H and O–H groups in total. The third-order valence-corrected chi connectivity index (χ3v) is 3.11. The van der Waals surface area contributed by atoms with Crippen molar-refractivity contribution in [1.82, 2.24) is 4.90 Å². The Morgan fingerprint density at radius 3 is 2.57 bits per heavy atom. The fraction of sp³-hybridized carbons (Fsp3) is 0.917. The third-order valence-electron chi connectivity index (χ3n) is 3.11. The highest BCUT2D eigenvalue weighted by atomic mass is 16.1. The van der Waals surface area contributed by atoms with E-state index < -0.39 is 0 Å². The van der Waals surface area contributed by atoms with E-state index in [9.17, 15) is 4.79 Å². The minimum atomic E-state index is 0.326. The molecule has 0 aromatic carbocycles. The molecule has 0 aromatic heterocycles. The highest BCUT2D eigenvalue weighted by molar-refractivity contribution is 5.75. The van der Waals surface area contributed by atoms with Gasteiger partial charge in [-0.1, -0.05) is 6.42 Å². The molecule has 0 unspecified atom stereocenters. The van der Waals surface area contributed by atoms with Gasteiger partial charge in [0.1, 0.15) is 5.78 Å². The van der Waals surface area contributed by atoms with Crippen LogP contribution in [0.25, 0.3) is 0 Å². The van der Waals surface area contributed by atoms with Gasteiger partial charge in [-0.25, -0.2) is 0 Å². The average molecular weight is 197 g/mol. The number of hydrogen-bond donors (Lipinski definition) is 0. The van der Waals surface area contributed by atoms with Crippen molar-refractivity contribution in [3.63, 3.8) is 0 Å². The molecule has 1 rings (SSSR count). The van der Waals surface area contributed by atoms with Crippen molar-refractivity contribution < 1.29 is 4.79 Å². The van der Waals surface area contributed by atoms with Crippen molar-refractivity contribution in [1.29, 1.82) is 0 Å². The second-order valence-corrected chi connectivity index (χ2v) is 4.72. The van der Waals surface area contributed by atoms with Crippen molar-refractivity contribution in [2.24, 2.45) is 5.92 Å². The van der Waals surface area contributed by atoms with E-state index in [1.807, 2.05) is 0 Å². The molecule has 0 bridgehead atoms. The zero-order valence-corrected chi connectivity index (χ0v) is 9.59. The lowest BCUT2D eigenvalue weighted by Crippen LogP contribution is -2.30. The first-order valence-electron chi connectivity index (χ1n) is 5.86. The SMILES string of the molecule is CC(=O)CCCCN(C)CC1CCC1. The molecule has 0 amide bonds. The van der Waals surface area contributed by atoms with Crippen LogP contribution < -0.4 is 0 Å². The van der Waals surface area contributed by atoms with E-state index in [0.717, 1.165) is 25.3 Å². The van der Waals surface area contributed by atoms with E-state index in [-0.39, 0.29) is 0 Å². The number of hydrogen-bond acceptors (Lipinski definition) is 2. The predicted molar refractivity (Wildman–Crippen MR) is 59.4 cm³/mol. The molecule has 2 nitrogen and oxygen atoms in total. The van der Waals surface area contributed by atoms with Crippen LogP contribution in [0.15, 0.2) is 0 Å². The minimum absolute atomic E-state index is 0.326. The highest BCUT2D eigenvalue weighted by Crippen LogP contribution is 2.26. The fourth-order valence-corrected chi connectivity index (χ4v) is 1.96. The Bertz CT molecular complexity index is 175. The van der Waals surface area contributed by atoms with Gasteiger partial charge in [0.15, 0.2) is 0 Å². The van der Waals surface area contributed by atoms with Crippen molar-refractivity contribution in [3.8, 4) is 0 Å². The van der Waals surface area contributed by atoms with Crippen molar-refractivity contribution in [3.05, 3.63) is 0 Å². The van der Waals surface area contributed by atoms with Crippen LogP contribution in [0.2, 0.25) is 0 Å². The number of nitrogens with zero attached hydrogens (tertiary/aromatic N) is 1. The van der Waals surface area contributed by atoms with Gasteiger partial charge in [-0.15, -0.1) is 0 Å². The summed E-state index contributed by atoms with van der Waals surface area (Å²) < 4.78 is 0. The molecule has 0 heterocycles. The predicted octanol–water partition coefficient (Wildman–Crippen LogP) is 2.48. The van der Waals surface area contributed by atoms with Gasteiger partial charge in [0, 0.05) is 13.0 Å². The lowest BCUT2D eigenvalue weighted by atomic mass is 9.85. The summed E-state index contributed by atoms with van der Waals surface area (Å²) in [6.45, 7) is 4.10. The van der Waals surface area contributed by atoms with Gasteiger partial charge in [0.2, 0.25) is 0 Å². The second-order valence-electron chi connectivity index (χ2n) is 4.72. The molecule has 2 heteroatoms. The Balaban J connectivity index is 1.91. The smallest absolute Gasteiger partial charge is 0.129 e. The van der Waals surface area contributed by atoms with E-state index in [2.05, 4.69) is 11.9 Å². The van der Waals surface area contributed by atoms with Crippen LogP contribution in [0, 0.1) is 5.92 Å². The van der Waals surface area contributed by atoms with Crippen LogP contribution in [-0.2, 0) is 4.79 Å². The van der Waals surface area contributed by atoms with Crippen LogP contribution in [-0.4, -0.2) is 30.8 Å². The van der Waals surface area contributed by atoms with Crippen molar-refractivity contribution in [2.75, 3.05) is 20.1 Å². The molecule has 1 fully saturated rings. The zero-order chi connectivity index (χ0) is 10.4. The molecule has 0 aliphatic heterocycles. The van der Waals surface area contributed by atoms with E-state index in [1.54, 1.807) is 6.92 Å². The molecular weight excluding hydrogens is 174 g/mol. The maximum absolute atomic E-state index is 10.7. The first kappa shape index (κ1) is 11.7. The molecule has 0 saturated heterocycles. The van der Waals surface area contributed by atoms with E-state index in [0.29, 0.717) is 5.78 Å². The molecule has 1 aliphatic carbocycles. The Kier molecular flexibility index (Phi) is 5.16. The van der Waals surface area contributed by atoms with Gasteiger partial charge >= 0.3 is 0 Å². The third kappa shape index (κ3) is 4.75. The lowest BCUT2D eigenvalue weighted by molar-refractivity contribution is -0.117. The Morgan fingerprint density at radius 2 is 2.07 bits per heavy atom. The van der Waals surface area contributed by atoms with Gasteiger partial charge < -0.3 is 9.69 Å². The van der Waals surface area contributed by atoms with Crippen LogP contribution in [0.4, 0.5) is 0 Å². The Labute approximate surface area is 87.7 Å². The lowest BCUT2D eigenvalue weighted by Gasteiger charge is -2.30. The normalized spacial score (nSPS) is 17.1. The minimum Gasteiger partial charge on any atom is -0.306 e. The van der Waals surface area contributed by atoms with E-state index >= 15 is 0 Å². The molecule has 0 radical (unpaired) electrons. The summed E-state index contributed by atoms with van der Waals surface area (Å²) in [5.41, 5.74) is 0. The van der Waals surface area contributed by atoms with Crippen LogP contribution in [0.3, 0.4) is 0 Å². The van der Waals surface area contributed by atoms with Crippen molar-refractivity contribution >= 4 is 5.78 Å². The van der Waals surface area contributed by atoms with Gasteiger partial charge in [-0.3, -0.25) is 0 Å². The van der Waals surface area contributed by atoms with Crippen LogP contribution in [0.1, 0.15) is 45.4 Å². The molecule has 14 heavy (non-hydrogen) atoms. The maximum atomic E-state index is 10.7. The second kappa shape index (κ2) is 6.18. The van der Waals surface area contributed by atoms with Gasteiger partial charge in [0.05, 0.1) is 0 Å². The average Bonchev–Trinajstić information content (AvgIpc) is 2.05. The summed E-state index contributed by atoms with van der Waals surface area (Å²) in [5, 5.41) is 0. The largest absolute Gasteiger partial charge is 0.306 e. The summed E-state index contributed by atoms with van der Waals surface area (Å²) in [6, 6.07) is 0. The number of ketones is 1. The number of unbranched alkanes of at least 4 members (excludes halogenated alkanes) is 1. The standard InChI is InChI=1S/C12H23NO/c1-11(14)6-3-4-9-13(2)10-12-7-5-8-12/h12H,3-10H2,1-2H3. The quantitative estimate of drug-likeness (QED) is 0.584. The highest BCUT2D eigenvalue weighted by Gasteiger charge is 2.18. The molecule has 0 atom stereocenters. The summed E-state index contributed by atoms with van der Waals surface area (Å²) in [5.74, 6) is 1.29. The number of carbonyl (C=O) groups is 1. The first-order chi connectivity index (χ1) is 6.68. The molecular formula is C12H23NO. The van der Waals surface area contributed by atoms with Gasteiger partial charge in [0.25, 0.3) is 0 Å². The van der Waals surface area contributed by atoms with Crippen molar-refractivity contribution in [2.45, 2.75) is 45.4 Å². The molecule has 1 saturated carbocycles. The summed E-state index contributed by atoms with van der Waals surface area (Å²) >= 11 is 0. The Hall–Kier alpha value is -0.370. The summed E-state index contributed by atoms with van der Waals surface area (Å²) in [4.78, 5) is 13.1. The topological polar surface area (TPSA) is 20.3 Å². The number of carbonyl (C=O) groups excluding carboxylic acids is 1. The van der Waals surface area contributed by atoms with Crippen LogP contribution in [0.5, 0.6) is 0 Å². The van der Waals surface area contributed by atoms with E-state index in [1.165, 1.54) is 32.2 Å². The van der Waals surface area contributed by atoms with E-state index in [4.69, 9.17) is 0 Å². The molecule has 0 spiro atoms. The Morgan fingerprint density at radius 1 is 1.36 bits per heavy atom. The fourth-order valence-electron chi connectivity index (χ4n) is 1.96. The van der Waals surface area contributed by atoms with Gasteiger partial charge in [-0.05, 0) is 52.1 Å². The first-order valence-corrected chi connectivity index (χ1v) is 5.86. The number of rotatable bonds is 7.